The molecule has 4 heteroatoms. The Labute approximate surface area is 113 Å². The van der Waals surface area contributed by atoms with Crippen molar-refractivity contribution in [3.8, 4) is 6.07 Å². The number of nitriles is 1. The molecule has 0 spiro atoms. The van der Waals surface area contributed by atoms with Gasteiger partial charge in [-0.1, -0.05) is 18.0 Å². The minimum absolute atomic E-state index is 0.267. The zero-order valence-corrected chi connectivity index (χ0v) is 11.5. The van der Waals surface area contributed by atoms with Crippen LogP contribution in [0.3, 0.4) is 0 Å². The Balaban J connectivity index is 2.30. The predicted molar refractivity (Wildman–Crippen MR) is 73.1 cm³/mol. The normalized spacial score (nSPS) is 11.1. The van der Waals surface area contributed by atoms with Gasteiger partial charge in [-0.2, -0.15) is 5.26 Å². The van der Waals surface area contributed by atoms with Gasteiger partial charge in [0.25, 0.3) is 0 Å². The second-order valence-electron chi connectivity index (χ2n) is 5.00. The van der Waals surface area contributed by atoms with Gasteiger partial charge in [0.2, 0.25) is 0 Å². The molecule has 18 heavy (non-hydrogen) atoms. The maximum absolute atomic E-state index is 13.0. The van der Waals surface area contributed by atoms with Crippen molar-refractivity contribution in [1.29, 1.82) is 5.26 Å². The van der Waals surface area contributed by atoms with Gasteiger partial charge in [0.15, 0.2) is 0 Å². The van der Waals surface area contributed by atoms with Crippen molar-refractivity contribution in [1.82, 2.24) is 0 Å². The van der Waals surface area contributed by atoms with Gasteiger partial charge in [-0.05, 0) is 44.9 Å². The van der Waals surface area contributed by atoms with Gasteiger partial charge in [-0.3, -0.25) is 0 Å². The molecule has 0 aromatic heterocycles. The number of unbranched alkanes of at least 4 members (excludes halogenated alkanes) is 1. The van der Waals surface area contributed by atoms with Crippen molar-refractivity contribution in [3.63, 3.8) is 0 Å². The number of anilines is 1. The van der Waals surface area contributed by atoms with E-state index < -0.39 is 0 Å². The van der Waals surface area contributed by atoms with E-state index in [-0.39, 0.29) is 11.2 Å². The highest BCUT2D eigenvalue weighted by atomic mass is 35.5. The quantitative estimate of drug-likeness (QED) is 0.765. The van der Waals surface area contributed by atoms with Gasteiger partial charge < -0.3 is 5.32 Å². The summed E-state index contributed by atoms with van der Waals surface area (Å²) in [7, 11) is 0. The molecule has 0 saturated heterocycles. The smallest absolute Gasteiger partial charge is 0.125 e. The van der Waals surface area contributed by atoms with E-state index in [9.17, 15) is 4.39 Å². The number of rotatable bonds is 6. The molecule has 1 rings (SSSR count). The molecule has 0 aliphatic heterocycles. The summed E-state index contributed by atoms with van der Waals surface area (Å²) in [5.41, 5.74) is 0.354. The molecule has 0 saturated carbocycles. The lowest BCUT2D eigenvalue weighted by Crippen LogP contribution is -2.09. The molecule has 0 atom stereocenters. The van der Waals surface area contributed by atoms with Gasteiger partial charge in [0.1, 0.15) is 5.82 Å². The van der Waals surface area contributed by atoms with Crippen molar-refractivity contribution in [2.24, 2.45) is 5.41 Å². The summed E-state index contributed by atoms with van der Waals surface area (Å²) in [4.78, 5) is 0. The highest BCUT2D eigenvalue weighted by molar-refractivity contribution is 6.33. The standard InChI is InChI=1S/C14H18ClFN2/c1-14(2,10-17)7-3-4-8-18-13-9-11(16)5-6-12(13)15/h5-6,9,18H,3-4,7-8H2,1-2H3. The first-order valence-corrected chi connectivity index (χ1v) is 6.42. The molecular formula is C14H18ClFN2. The van der Waals surface area contributed by atoms with Crippen LogP contribution >= 0.6 is 11.6 Å². The largest absolute Gasteiger partial charge is 0.384 e. The highest BCUT2D eigenvalue weighted by Crippen LogP contribution is 2.24. The third-order valence-electron chi connectivity index (χ3n) is 2.78. The number of hydrogen-bond acceptors (Lipinski definition) is 2. The minimum Gasteiger partial charge on any atom is -0.384 e. The second kappa shape index (κ2) is 6.61. The summed E-state index contributed by atoms with van der Waals surface area (Å²) >= 11 is 5.93. The van der Waals surface area contributed by atoms with Crippen molar-refractivity contribution in [3.05, 3.63) is 29.0 Å². The van der Waals surface area contributed by atoms with Crippen LogP contribution in [0.4, 0.5) is 10.1 Å². The monoisotopic (exact) mass is 268 g/mol. The SMILES string of the molecule is CC(C)(C#N)CCCCNc1cc(F)ccc1Cl. The summed E-state index contributed by atoms with van der Waals surface area (Å²) in [6.45, 7) is 4.60. The summed E-state index contributed by atoms with van der Waals surface area (Å²) in [5, 5.41) is 12.5. The minimum atomic E-state index is -0.299. The lowest BCUT2D eigenvalue weighted by molar-refractivity contribution is 0.430. The number of nitrogens with one attached hydrogen (secondary N) is 1. The van der Waals surface area contributed by atoms with Crippen molar-refractivity contribution >= 4 is 17.3 Å². The summed E-state index contributed by atoms with van der Waals surface area (Å²) in [6, 6.07) is 6.54. The maximum Gasteiger partial charge on any atom is 0.125 e. The third-order valence-corrected chi connectivity index (χ3v) is 3.10. The summed E-state index contributed by atoms with van der Waals surface area (Å²) in [5.74, 6) is -0.299. The average Bonchev–Trinajstić information content (AvgIpc) is 2.33. The molecular weight excluding hydrogens is 251 g/mol. The first kappa shape index (κ1) is 14.8. The van der Waals surface area contributed by atoms with E-state index in [1.165, 1.54) is 18.2 Å². The van der Waals surface area contributed by atoms with Crippen LogP contribution in [0.25, 0.3) is 0 Å². The fourth-order valence-electron chi connectivity index (χ4n) is 1.60. The fourth-order valence-corrected chi connectivity index (χ4v) is 1.79. The topological polar surface area (TPSA) is 35.8 Å². The first-order valence-electron chi connectivity index (χ1n) is 6.05. The molecule has 0 aliphatic rings. The second-order valence-corrected chi connectivity index (χ2v) is 5.41. The third kappa shape index (κ3) is 4.93. The molecule has 0 aliphatic carbocycles. The van der Waals surface area contributed by atoms with Crippen LogP contribution in [0, 0.1) is 22.6 Å². The Morgan fingerprint density at radius 2 is 2.11 bits per heavy atom. The average molecular weight is 269 g/mol. The van der Waals surface area contributed by atoms with Crippen molar-refractivity contribution in [2.45, 2.75) is 33.1 Å². The Morgan fingerprint density at radius 3 is 2.78 bits per heavy atom. The van der Waals surface area contributed by atoms with Crippen LogP contribution in [0.15, 0.2) is 18.2 Å². The fraction of sp³-hybridized carbons (Fsp3) is 0.500. The van der Waals surface area contributed by atoms with Crippen LogP contribution in [0.2, 0.25) is 5.02 Å². The molecule has 0 amide bonds. The van der Waals surface area contributed by atoms with Gasteiger partial charge in [0.05, 0.1) is 22.2 Å². The maximum atomic E-state index is 13.0. The molecule has 1 N–H and O–H groups in total. The molecule has 1 aromatic carbocycles. The zero-order valence-electron chi connectivity index (χ0n) is 10.8. The van der Waals surface area contributed by atoms with Gasteiger partial charge >= 0.3 is 0 Å². The Hall–Kier alpha value is -1.27. The molecule has 0 heterocycles. The van der Waals surface area contributed by atoms with Gasteiger partial charge in [0, 0.05) is 6.54 Å². The number of nitrogens with zero attached hydrogens (tertiary/aromatic N) is 1. The molecule has 0 fully saturated rings. The van der Waals surface area contributed by atoms with E-state index in [2.05, 4.69) is 11.4 Å². The lowest BCUT2D eigenvalue weighted by atomic mass is 9.89. The molecule has 2 nitrogen and oxygen atoms in total. The first-order chi connectivity index (χ1) is 8.44. The van der Waals surface area contributed by atoms with E-state index in [1.54, 1.807) is 0 Å². The Morgan fingerprint density at radius 1 is 1.39 bits per heavy atom. The summed E-state index contributed by atoms with van der Waals surface area (Å²) < 4.78 is 13.0. The number of halogens is 2. The van der Waals surface area contributed by atoms with E-state index >= 15 is 0 Å². The van der Waals surface area contributed by atoms with Crippen LogP contribution in [-0.2, 0) is 0 Å². The summed E-state index contributed by atoms with van der Waals surface area (Å²) in [6.07, 6.45) is 2.75. The van der Waals surface area contributed by atoms with Crippen molar-refractivity contribution in [2.75, 3.05) is 11.9 Å². The number of hydrogen-bond donors (Lipinski definition) is 1. The van der Waals surface area contributed by atoms with E-state index in [0.29, 0.717) is 10.7 Å². The van der Waals surface area contributed by atoms with Crippen LogP contribution < -0.4 is 5.32 Å². The predicted octanol–water partition coefficient (Wildman–Crippen LogP) is 4.61. The number of benzene rings is 1. The molecule has 0 bridgehead atoms. The van der Waals surface area contributed by atoms with E-state index in [0.717, 1.165) is 25.8 Å². The van der Waals surface area contributed by atoms with E-state index in [1.807, 2.05) is 13.8 Å². The van der Waals surface area contributed by atoms with Crippen LogP contribution in [-0.4, -0.2) is 6.54 Å². The van der Waals surface area contributed by atoms with E-state index in [4.69, 9.17) is 16.9 Å². The van der Waals surface area contributed by atoms with Crippen molar-refractivity contribution < 1.29 is 4.39 Å². The van der Waals surface area contributed by atoms with Crippen LogP contribution in [0.1, 0.15) is 33.1 Å². The van der Waals surface area contributed by atoms with Gasteiger partial charge in [-0.25, -0.2) is 4.39 Å². The molecule has 0 unspecified atom stereocenters. The van der Waals surface area contributed by atoms with Crippen LogP contribution in [0.5, 0.6) is 0 Å². The highest BCUT2D eigenvalue weighted by Gasteiger charge is 2.15. The lowest BCUT2D eigenvalue weighted by Gasteiger charge is -2.14. The Kier molecular flexibility index (Phi) is 5.43. The molecule has 98 valence electrons. The van der Waals surface area contributed by atoms with Gasteiger partial charge in [-0.15, -0.1) is 0 Å². The molecule has 0 radical (unpaired) electrons. The molecule has 1 aromatic rings. The Bertz CT molecular complexity index is 438. The zero-order chi connectivity index (χ0) is 13.6.